The van der Waals surface area contributed by atoms with Crippen molar-refractivity contribution in [3.8, 4) is 0 Å². The predicted octanol–water partition coefficient (Wildman–Crippen LogP) is 4.71. The minimum absolute atomic E-state index is 0.315. The lowest BCUT2D eigenvalue weighted by molar-refractivity contribution is 0.215. The molecule has 0 amide bonds. The fourth-order valence-corrected chi connectivity index (χ4v) is 5.40. The summed E-state index contributed by atoms with van der Waals surface area (Å²) in [6, 6.07) is 7.90. The summed E-state index contributed by atoms with van der Waals surface area (Å²) in [4.78, 5) is 4.57. The summed E-state index contributed by atoms with van der Waals surface area (Å²) in [5.74, 6) is 0.271. The first-order valence-corrected chi connectivity index (χ1v) is 10.3. The van der Waals surface area contributed by atoms with Crippen molar-refractivity contribution in [2.45, 2.75) is 19.6 Å². The molecular weight excluding hydrogens is 343 g/mol. The summed E-state index contributed by atoms with van der Waals surface area (Å²) in [5, 5.41) is 3.97. The standard InChI is InChI=1S/C17H20N2O3PS/c1-3-21-23(20,22-4-2)16(13-9-5-6-10-13)19-17-18-14-11-7-8-12-15(14)24-17/h5-12,16H,3-4H2,1-2H3,(H,18,19). The van der Waals surface area contributed by atoms with Crippen molar-refractivity contribution in [3.05, 3.63) is 55.9 Å². The fraction of sp³-hybridized carbons (Fsp3) is 0.294. The van der Waals surface area contributed by atoms with Crippen molar-refractivity contribution in [1.82, 2.24) is 4.98 Å². The molecule has 1 heterocycles. The van der Waals surface area contributed by atoms with Gasteiger partial charge in [0, 0.05) is 5.92 Å². The van der Waals surface area contributed by atoms with Crippen molar-refractivity contribution >= 4 is 34.3 Å². The summed E-state index contributed by atoms with van der Waals surface area (Å²) in [6.07, 6.45) is 7.64. The SMILES string of the molecule is CCOP(=O)(OCC)C(Nc1nc2ccccc2s1)[C]1[CH][CH][CH][CH]1. The van der Waals surface area contributed by atoms with E-state index < -0.39 is 13.4 Å². The number of hydrogen-bond acceptors (Lipinski definition) is 6. The number of nitrogens with one attached hydrogen (secondary N) is 1. The molecule has 1 aromatic heterocycles. The van der Waals surface area contributed by atoms with Crippen LogP contribution in [0.1, 0.15) is 13.8 Å². The summed E-state index contributed by atoms with van der Waals surface area (Å²) >= 11 is 1.52. The van der Waals surface area contributed by atoms with Gasteiger partial charge in [-0.3, -0.25) is 4.57 Å². The van der Waals surface area contributed by atoms with Gasteiger partial charge in [0.15, 0.2) is 5.13 Å². The number of aromatic nitrogens is 1. The van der Waals surface area contributed by atoms with Crippen LogP contribution >= 0.6 is 18.9 Å². The Hall–Kier alpha value is -0.940. The fourth-order valence-electron chi connectivity index (χ4n) is 2.51. The molecule has 5 radical (unpaired) electrons. The molecule has 0 bridgehead atoms. The smallest absolute Gasteiger partial charge is 0.347 e. The quantitative estimate of drug-likeness (QED) is 0.689. The van der Waals surface area contributed by atoms with E-state index in [1.165, 1.54) is 11.3 Å². The van der Waals surface area contributed by atoms with Crippen molar-refractivity contribution in [1.29, 1.82) is 0 Å². The van der Waals surface area contributed by atoms with E-state index in [0.717, 1.165) is 16.1 Å². The second-order valence-electron chi connectivity index (χ2n) is 5.13. The molecule has 1 fully saturated rings. The number of anilines is 1. The molecule has 2 aromatic rings. The highest BCUT2D eigenvalue weighted by Gasteiger charge is 2.43. The number of hydrogen-bond donors (Lipinski definition) is 1. The molecule has 24 heavy (non-hydrogen) atoms. The van der Waals surface area contributed by atoms with Gasteiger partial charge >= 0.3 is 7.60 Å². The largest absolute Gasteiger partial charge is 0.353 e. The van der Waals surface area contributed by atoms with Gasteiger partial charge in [0.1, 0.15) is 5.78 Å². The van der Waals surface area contributed by atoms with Crippen LogP contribution in [0.15, 0.2) is 24.3 Å². The molecule has 1 aromatic carbocycles. The molecule has 5 nitrogen and oxygen atoms in total. The average Bonchev–Trinajstić information content (AvgIpc) is 3.22. The normalized spacial score (nSPS) is 17.4. The number of benzene rings is 1. The molecule has 1 N–H and O–H groups in total. The van der Waals surface area contributed by atoms with Crippen LogP contribution in [0.2, 0.25) is 0 Å². The third-order valence-electron chi connectivity index (χ3n) is 3.49. The van der Waals surface area contributed by atoms with Crippen molar-refractivity contribution in [3.63, 3.8) is 0 Å². The Morgan fingerprint density at radius 1 is 1.17 bits per heavy atom. The van der Waals surface area contributed by atoms with Gasteiger partial charge in [-0.15, -0.1) is 0 Å². The van der Waals surface area contributed by atoms with Gasteiger partial charge in [0.25, 0.3) is 0 Å². The minimum Gasteiger partial charge on any atom is -0.347 e. The maximum absolute atomic E-state index is 13.3. The Morgan fingerprint density at radius 2 is 1.83 bits per heavy atom. The van der Waals surface area contributed by atoms with Crippen LogP contribution in [0, 0.1) is 31.6 Å². The second-order valence-corrected chi connectivity index (χ2v) is 8.27. The number of para-hydroxylation sites is 1. The Balaban J connectivity index is 1.90. The molecule has 1 atom stereocenters. The topological polar surface area (TPSA) is 60.5 Å². The predicted molar refractivity (Wildman–Crippen MR) is 98.3 cm³/mol. The molecule has 1 unspecified atom stereocenters. The van der Waals surface area contributed by atoms with Crippen molar-refractivity contribution in [2.24, 2.45) is 0 Å². The van der Waals surface area contributed by atoms with E-state index in [2.05, 4.69) is 10.3 Å². The average molecular weight is 363 g/mol. The van der Waals surface area contributed by atoms with Crippen LogP contribution in [-0.2, 0) is 13.6 Å². The van der Waals surface area contributed by atoms with Gasteiger partial charge in [-0.2, -0.15) is 0 Å². The Bertz CT molecular complexity index is 672. The highest BCUT2D eigenvalue weighted by atomic mass is 32.1. The number of fused-ring (bicyclic) bond motifs is 1. The van der Waals surface area contributed by atoms with Crippen LogP contribution < -0.4 is 5.32 Å². The molecule has 7 heteroatoms. The van der Waals surface area contributed by atoms with Crippen LogP contribution in [0.4, 0.5) is 5.13 Å². The molecule has 3 rings (SSSR count). The van der Waals surface area contributed by atoms with Crippen LogP contribution in [0.25, 0.3) is 10.2 Å². The summed E-state index contributed by atoms with van der Waals surface area (Å²) < 4.78 is 25.5. The Kier molecular flexibility index (Phi) is 5.93. The summed E-state index contributed by atoms with van der Waals surface area (Å²) in [7, 11) is -3.37. The van der Waals surface area contributed by atoms with E-state index in [-0.39, 0.29) is 0 Å². The number of nitrogens with zero attached hydrogens (tertiary/aromatic N) is 1. The molecule has 1 aliphatic carbocycles. The Morgan fingerprint density at radius 3 is 2.46 bits per heavy atom. The number of rotatable bonds is 8. The first-order chi connectivity index (χ1) is 11.7. The highest BCUT2D eigenvalue weighted by molar-refractivity contribution is 7.55. The van der Waals surface area contributed by atoms with Gasteiger partial charge in [-0.05, 0) is 51.7 Å². The van der Waals surface area contributed by atoms with E-state index >= 15 is 0 Å². The second kappa shape index (κ2) is 7.96. The zero-order valence-corrected chi connectivity index (χ0v) is 15.3. The lowest BCUT2D eigenvalue weighted by atomic mass is 10.1. The van der Waals surface area contributed by atoms with E-state index in [1.807, 2.05) is 63.8 Å². The van der Waals surface area contributed by atoms with Gasteiger partial charge in [-0.1, -0.05) is 23.5 Å². The molecule has 0 saturated heterocycles. The molecule has 0 aliphatic heterocycles. The Labute approximate surface area is 147 Å². The van der Waals surface area contributed by atoms with Gasteiger partial charge in [0.05, 0.1) is 23.4 Å². The zero-order valence-electron chi connectivity index (χ0n) is 13.6. The van der Waals surface area contributed by atoms with E-state index in [1.54, 1.807) is 0 Å². The molecule has 1 aliphatic rings. The first-order valence-electron chi connectivity index (χ1n) is 7.88. The monoisotopic (exact) mass is 363 g/mol. The van der Waals surface area contributed by atoms with Gasteiger partial charge < -0.3 is 14.4 Å². The maximum atomic E-state index is 13.3. The van der Waals surface area contributed by atoms with Crippen LogP contribution in [0.5, 0.6) is 0 Å². The maximum Gasteiger partial charge on any atom is 0.353 e. The lowest BCUT2D eigenvalue weighted by Gasteiger charge is -2.30. The minimum atomic E-state index is -3.37. The lowest BCUT2D eigenvalue weighted by Crippen LogP contribution is -2.28. The van der Waals surface area contributed by atoms with E-state index in [9.17, 15) is 4.57 Å². The third kappa shape index (κ3) is 3.83. The molecule has 1 saturated carbocycles. The molecule has 127 valence electrons. The van der Waals surface area contributed by atoms with E-state index in [4.69, 9.17) is 9.05 Å². The first kappa shape index (κ1) is 17.9. The highest BCUT2D eigenvalue weighted by Crippen LogP contribution is 2.58. The van der Waals surface area contributed by atoms with Crippen LogP contribution in [0.3, 0.4) is 0 Å². The van der Waals surface area contributed by atoms with Crippen LogP contribution in [-0.4, -0.2) is 24.0 Å². The summed E-state index contributed by atoms with van der Waals surface area (Å²) in [6.45, 7) is 4.25. The third-order valence-corrected chi connectivity index (χ3v) is 6.76. The molecular formula is C17H20N2O3PS. The van der Waals surface area contributed by atoms with Crippen molar-refractivity contribution in [2.75, 3.05) is 18.5 Å². The van der Waals surface area contributed by atoms with Crippen molar-refractivity contribution < 1.29 is 13.6 Å². The van der Waals surface area contributed by atoms with Gasteiger partial charge in [0.2, 0.25) is 0 Å². The summed E-state index contributed by atoms with van der Waals surface area (Å²) in [5.41, 5.74) is 0.911. The van der Waals surface area contributed by atoms with Gasteiger partial charge in [-0.25, -0.2) is 4.98 Å². The van der Waals surface area contributed by atoms with E-state index in [0.29, 0.717) is 18.3 Å². The molecule has 0 spiro atoms. The zero-order chi connectivity index (χ0) is 17.0. The number of thiazole rings is 1.